The number of aromatic hydroxyl groups is 2. The van der Waals surface area contributed by atoms with Crippen molar-refractivity contribution >= 4 is 34.8 Å². The molecule has 0 spiro atoms. The van der Waals surface area contributed by atoms with Crippen LogP contribution in [0.2, 0.25) is 0 Å². The molecule has 0 unspecified atom stereocenters. The summed E-state index contributed by atoms with van der Waals surface area (Å²) in [6.07, 6.45) is 0. The fourth-order valence-electron chi connectivity index (χ4n) is 3.53. The monoisotopic (exact) mass is 440 g/mol. The molecular weight excluding hydrogens is 416 g/mol. The number of nitrogens with zero attached hydrogens (tertiary/aromatic N) is 2. The summed E-state index contributed by atoms with van der Waals surface area (Å²) in [4.78, 5) is 54.5. The number of hydrogen-bond acceptors (Lipinski definition) is 8. The molecule has 2 aromatic carbocycles. The Morgan fingerprint density at radius 3 is 1.34 bits per heavy atom. The van der Waals surface area contributed by atoms with Crippen molar-refractivity contribution < 1.29 is 29.4 Å². The third-order valence-corrected chi connectivity index (χ3v) is 4.74. The summed E-state index contributed by atoms with van der Waals surface area (Å²) in [5.41, 5.74) is -0.980. The van der Waals surface area contributed by atoms with Gasteiger partial charge in [-0.15, -0.1) is 0 Å². The number of hydrogen-bond donors (Lipinski definition) is 4. The number of ketones is 2. The van der Waals surface area contributed by atoms with Gasteiger partial charge in [-0.3, -0.25) is 19.2 Å². The van der Waals surface area contributed by atoms with Crippen molar-refractivity contribution in [2.75, 3.05) is 51.9 Å². The molecule has 10 nitrogen and oxygen atoms in total. The molecule has 0 saturated carbocycles. The van der Waals surface area contributed by atoms with Crippen LogP contribution in [-0.4, -0.2) is 84.7 Å². The summed E-state index contributed by atoms with van der Waals surface area (Å²) in [5, 5.41) is 25.9. The van der Waals surface area contributed by atoms with Crippen molar-refractivity contribution in [2.45, 2.75) is 0 Å². The van der Waals surface area contributed by atoms with Gasteiger partial charge < -0.3 is 30.6 Å². The Balaban J connectivity index is 2.13. The molecule has 0 saturated heterocycles. The normalized spacial score (nSPS) is 12.6. The maximum atomic E-state index is 13.4. The highest BCUT2D eigenvalue weighted by Crippen LogP contribution is 2.42. The van der Waals surface area contributed by atoms with Gasteiger partial charge in [0.2, 0.25) is 23.4 Å². The van der Waals surface area contributed by atoms with E-state index in [4.69, 9.17) is 0 Å². The van der Waals surface area contributed by atoms with Crippen molar-refractivity contribution in [2.24, 2.45) is 0 Å². The Labute approximate surface area is 184 Å². The van der Waals surface area contributed by atoms with Gasteiger partial charge in [0.1, 0.15) is 11.5 Å². The molecule has 10 heteroatoms. The van der Waals surface area contributed by atoms with Crippen molar-refractivity contribution in [3.05, 3.63) is 46.5 Å². The quantitative estimate of drug-likeness (QED) is 0.414. The van der Waals surface area contributed by atoms with E-state index in [-0.39, 0.29) is 46.7 Å². The van der Waals surface area contributed by atoms with Crippen molar-refractivity contribution in [3.63, 3.8) is 0 Å². The van der Waals surface area contributed by atoms with Crippen LogP contribution in [0.1, 0.15) is 31.8 Å². The van der Waals surface area contributed by atoms with Gasteiger partial charge in [-0.05, 0) is 52.5 Å². The van der Waals surface area contributed by atoms with E-state index in [1.54, 1.807) is 38.0 Å². The summed E-state index contributed by atoms with van der Waals surface area (Å²) in [7, 11) is 6.78. The van der Waals surface area contributed by atoms with Crippen LogP contribution < -0.4 is 10.6 Å². The zero-order chi connectivity index (χ0) is 23.7. The number of carbonyl (C=O) groups excluding carboxylic acids is 4. The lowest BCUT2D eigenvalue weighted by atomic mass is 9.81. The lowest BCUT2D eigenvalue weighted by Gasteiger charge is -2.24. The number of carbonyl (C=O) groups is 4. The summed E-state index contributed by atoms with van der Waals surface area (Å²) < 4.78 is 0. The molecular formula is C22H24N4O6. The molecule has 0 radical (unpaired) electrons. The molecule has 2 aromatic rings. The predicted molar refractivity (Wildman–Crippen MR) is 117 cm³/mol. The van der Waals surface area contributed by atoms with Crippen LogP contribution in [0.15, 0.2) is 24.3 Å². The average molecular weight is 440 g/mol. The maximum absolute atomic E-state index is 13.4. The number of nitrogens with one attached hydrogen (secondary N) is 2. The van der Waals surface area contributed by atoms with Crippen LogP contribution in [0, 0.1) is 0 Å². The standard InChI is InChI=1S/C22H24N4O6/c1-25(2)9-15(29)23-11-5-7-13(27)19-17(11)21(31)20-14(28)8-6-12(18(20)22(19)32)24-16(30)10-26(3)4/h5-8,27-28H,9-10H2,1-4H3,(H,23,29)(H,24,30). The third kappa shape index (κ3) is 4.32. The van der Waals surface area contributed by atoms with E-state index >= 15 is 0 Å². The lowest BCUT2D eigenvalue weighted by Crippen LogP contribution is -2.31. The van der Waals surface area contributed by atoms with Crippen LogP contribution in [0.5, 0.6) is 11.5 Å². The van der Waals surface area contributed by atoms with Gasteiger partial charge >= 0.3 is 0 Å². The van der Waals surface area contributed by atoms with Gasteiger partial charge in [0, 0.05) is 0 Å². The fourth-order valence-corrected chi connectivity index (χ4v) is 3.53. The number of anilines is 2. The van der Waals surface area contributed by atoms with Gasteiger partial charge in [0.15, 0.2) is 0 Å². The first kappa shape index (κ1) is 22.9. The van der Waals surface area contributed by atoms with Crippen LogP contribution in [-0.2, 0) is 9.59 Å². The Hall–Kier alpha value is -3.76. The second-order valence-electron chi connectivity index (χ2n) is 7.99. The van der Waals surface area contributed by atoms with E-state index < -0.39 is 34.9 Å². The Morgan fingerprint density at radius 2 is 1.03 bits per heavy atom. The fraction of sp³-hybridized carbons (Fsp3) is 0.273. The van der Waals surface area contributed by atoms with E-state index in [0.717, 1.165) is 0 Å². The highest BCUT2D eigenvalue weighted by Gasteiger charge is 2.38. The van der Waals surface area contributed by atoms with Gasteiger partial charge in [0.25, 0.3) is 0 Å². The van der Waals surface area contributed by atoms with Crippen LogP contribution >= 0.6 is 0 Å². The molecule has 1 aliphatic rings. The van der Waals surface area contributed by atoms with Crippen molar-refractivity contribution in [3.8, 4) is 11.5 Å². The minimum absolute atomic E-state index is 0.0294. The molecule has 0 aromatic heterocycles. The first-order valence-electron chi connectivity index (χ1n) is 9.71. The Kier molecular flexibility index (Phi) is 6.28. The third-order valence-electron chi connectivity index (χ3n) is 4.74. The van der Waals surface area contributed by atoms with E-state index in [0.29, 0.717) is 0 Å². The number of amides is 2. The van der Waals surface area contributed by atoms with Gasteiger partial charge in [-0.2, -0.15) is 0 Å². The molecule has 2 amide bonds. The number of fused-ring (bicyclic) bond motifs is 2. The Bertz CT molecular complexity index is 1050. The zero-order valence-electron chi connectivity index (χ0n) is 18.1. The summed E-state index contributed by atoms with van der Waals surface area (Å²) in [6.45, 7) is 0.0589. The largest absolute Gasteiger partial charge is 0.507 e. The number of likely N-dealkylation sites (N-methyl/N-ethyl adjacent to an activating group) is 2. The number of phenols is 2. The average Bonchev–Trinajstić information content (AvgIpc) is 2.67. The smallest absolute Gasteiger partial charge is 0.238 e. The predicted octanol–water partition coefficient (Wildman–Crippen LogP) is 0.873. The molecule has 1 aliphatic carbocycles. The van der Waals surface area contributed by atoms with Crippen molar-refractivity contribution in [1.82, 2.24) is 9.80 Å². The van der Waals surface area contributed by atoms with Crippen LogP contribution in [0.4, 0.5) is 11.4 Å². The highest BCUT2D eigenvalue weighted by atomic mass is 16.3. The highest BCUT2D eigenvalue weighted by molar-refractivity contribution is 6.34. The number of rotatable bonds is 6. The van der Waals surface area contributed by atoms with Gasteiger partial charge in [-0.25, -0.2) is 0 Å². The maximum Gasteiger partial charge on any atom is 0.238 e. The van der Waals surface area contributed by atoms with E-state index in [1.807, 2.05) is 0 Å². The van der Waals surface area contributed by atoms with E-state index in [2.05, 4.69) is 10.6 Å². The SMILES string of the molecule is CN(C)CC(=O)Nc1ccc(O)c2c1C(=O)c1c(O)ccc(NC(=O)CN(C)C)c1C2=O. The second-order valence-corrected chi connectivity index (χ2v) is 7.99. The van der Waals surface area contributed by atoms with Crippen LogP contribution in [0.25, 0.3) is 0 Å². The summed E-state index contributed by atoms with van der Waals surface area (Å²) in [5.74, 6) is -3.28. The zero-order valence-corrected chi connectivity index (χ0v) is 18.1. The molecule has 0 heterocycles. The molecule has 168 valence electrons. The molecule has 0 atom stereocenters. The van der Waals surface area contributed by atoms with Gasteiger partial charge in [0.05, 0.1) is 46.7 Å². The molecule has 0 aliphatic heterocycles. The lowest BCUT2D eigenvalue weighted by molar-refractivity contribution is -0.117. The molecule has 4 N–H and O–H groups in total. The molecule has 0 fully saturated rings. The molecule has 32 heavy (non-hydrogen) atoms. The van der Waals surface area contributed by atoms with E-state index in [1.165, 1.54) is 24.3 Å². The minimum Gasteiger partial charge on any atom is -0.507 e. The summed E-state index contributed by atoms with van der Waals surface area (Å²) >= 11 is 0. The Morgan fingerprint density at radius 1 is 0.688 bits per heavy atom. The number of benzene rings is 2. The minimum atomic E-state index is -0.758. The first-order chi connectivity index (χ1) is 15.0. The van der Waals surface area contributed by atoms with Gasteiger partial charge in [-0.1, -0.05) is 0 Å². The summed E-state index contributed by atoms with van der Waals surface area (Å²) in [6, 6.07) is 5.04. The number of phenolic OH excluding ortho intramolecular Hbond substituents is 2. The van der Waals surface area contributed by atoms with Crippen molar-refractivity contribution in [1.29, 1.82) is 0 Å². The molecule has 3 rings (SSSR count). The molecule has 0 bridgehead atoms. The van der Waals surface area contributed by atoms with E-state index in [9.17, 15) is 29.4 Å². The first-order valence-corrected chi connectivity index (χ1v) is 9.71. The second kappa shape index (κ2) is 8.77. The topological polar surface area (TPSA) is 139 Å². The van der Waals surface area contributed by atoms with Crippen LogP contribution in [0.3, 0.4) is 0 Å².